The second kappa shape index (κ2) is 10.2. The van der Waals surface area contributed by atoms with Crippen molar-refractivity contribution in [2.75, 3.05) is 0 Å². The predicted molar refractivity (Wildman–Crippen MR) is 149 cm³/mol. The summed E-state index contributed by atoms with van der Waals surface area (Å²) >= 11 is 0. The van der Waals surface area contributed by atoms with E-state index in [-0.39, 0.29) is 30.7 Å². The van der Waals surface area contributed by atoms with Crippen molar-refractivity contribution in [1.29, 1.82) is 0 Å². The highest BCUT2D eigenvalue weighted by Gasteiger charge is 2.52. The Labute approximate surface area is 249 Å². The Balaban J connectivity index is 1.30. The molecule has 0 amide bonds. The number of halogens is 4. The highest BCUT2D eigenvalue weighted by atomic mass is 32.2. The van der Waals surface area contributed by atoms with Crippen LogP contribution in [0.15, 0.2) is 65.6 Å². The highest BCUT2D eigenvalue weighted by molar-refractivity contribution is 7.92. The smallest absolute Gasteiger partial charge is 0.291 e. The number of fused-ring (bicyclic) bond motifs is 2. The number of hydrogen-bond donors (Lipinski definition) is 0. The number of benzene rings is 1. The minimum atomic E-state index is -4.70. The molecular weight excluding hydrogens is 600 g/mol. The SMILES string of the molecule is O=C(c1cc(C(F)(F)F)ccn1)[C@]12Cc3cnn(-c4ccc(F)cc4)c3C=C1CC[C@H](S(=O)(=O)c1cnn(CC3CC3)n1)C2. The molecule has 0 unspecified atom stereocenters. The lowest BCUT2D eigenvalue weighted by Gasteiger charge is -2.43. The van der Waals surface area contributed by atoms with Gasteiger partial charge in [0, 0.05) is 6.20 Å². The summed E-state index contributed by atoms with van der Waals surface area (Å²) in [7, 11) is -4.04. The van der Waals surface area contributed by atoms with Gasteiger partial charge in [0.25, 0.3) is 0 Å². The van der Waals surface area contributed by atoms with E-state index in [0.29, 0.717) is 41.0 Å². The van der Waals surface area contributed by atoms with Crippen LogP contribution in [0.4, 0.5) is 17.6 Å². The number of rotatable bonds is 7. The summed E-state index contributed by atoms with van der Waals surface area (Å²) in [6.07, 6.45) is 3.04. The van der Waals surface area contributed by atoms with E-state index >= 15 is 0 Å². The number of pyridine rings is 1. The average molecular weight is 627 g/mol. The van der Waals surface area contributed by atoms with Crippen molar-refractivity contribution >= 4 is 21.7 Å². The monoisotopic (exact) mass is 626 g/mol. The van der Waals surface area contributed by atoms with Gasteiger partial charge in [0.1, 0.15) is 11.5 Å². The summed E-state index contributed by atoms with van der Waals surface area (Å²) < 4.78 is 83.7. The summed E-state index contributed by atoms with van der Waals surface area (Å²) in [5.74, 6) is -0.681. The van der Waals surface area contributed by atoms with Gasteiger partial charge in [-0.1, -0.05) is 5.57 Å². The number of aromatic nitrogens is 6. The molecule has 3 aliphatic carbocycles. The highest BCUT2D eigenvalue weighted by Crippen LogP contribution is 2.52. The second-order valence-corrected chi connectivity index (χ2v) is 13.9. The van der Waals surface area contributed by atoms with Crippen LogP contribution >= 0.6 is 0 Å². The summed E-state index contributed by atoms with van der Waals surface area (Å²) in [6.45, 7) is 0.525. The molecule has 2 saturated carbocycles. The standard InChI is InChI=1S/C30H26F4N6O3S/c31-22-4-6-23(7-5-22)40-26-12-20-3-8-24(44(42,43)27-16-36-39(38-27)17-18-1-2-18)14-29(20,13-19(26)15-37-40)28(41)25-11-21(9-10-35-25)30(32,33)34/h4-7,9-12,15-16,18,24H,1-3,8,13-14,17H2/t24-,29-/m0/s1. The Morgan fingerprint density at radius 2 is 1.82 bits per heavy atom. The maximum atomic E-state index is 14.3. The quantitative estimate of drug-likeness (QED) is 0.203. The fourth-order valence-corrected chi connectivity index (χ4v) is 7.97. The lowest BCUT2D eigenvalue weighted by Crippen LogP contribution is -2.46. The molecule has 0 N–H and O–H groups in total. The number of Topliss-reactive ketones (excluding diaryl/α,β-unsaturated/α-hetero) is 1. The van der Waals surface area contributed by atoms with Crippen LogP contribution in [0.25, 0.3) is 11.8 Å². The van der Waals surface area contributed by atoms with Crippen molar-refractivity contribution in [3.8, 4) is 5.69 Å². The van der Waals surface area contributed by atoms with Gasteiger partial charge in [0.05, 0.1) is 46.5 Å². The van der Waals surface area contributed by atoms with Crippen LogP contribution in [0.2, 0.25) is 0 Å². The molecule has 228 valence electrons. The Hall–Kier alpha value is -4.20. The molecule has 3 aromatic heterocycles. The number of carbonyl (C=O) groups is 1. The zero-order chi connectivity index (χ0) is 30.9. The molecule has 4 aromatic rings. The van der Waals surface area contributed by atoms with E-state index in [0.717, 1.165) is 25.1 Å². The number of nitrogens with zero attached hydrogens (tertiary/aromatic N) is 6. The normalized spacial score (nSPS) is 21.8. The first-order valence-corrected chi connectivity index (χ1v) is 15.7. The molecule has 3 aliphatic rings. The third kappa shape index (κ3) is 4.94. The minimum absolute atomic E-state index is 0.00646. The van der Waals surface area contributed by atoms with Crippen molar-refractivity contribution in [2.24, 2.45) is 11.3 Å². The number of allylic oxidation sites excluding steroid dienone is 1. The molecule has 1 aromatic carbocycles. The Kier molecular flexibility index (Phi) is 6.61. The second-order valence-electron chi connectivity index (χ2n) is 11.7. The Bertz CT molecular complexity index is 1910. The molecule has 0 saturated heterocycles. The lowest BCUT2D eigenvalue weighted by molar-refractivity contribution is -0.137. The fraction of sp³-hybridized carbons (Fsp3) is 0.367. The summed E-state index contributed by atoms with van der Waals surface area (Å²) in [5.41, 5.74) is -0.501. The van der Waals surface area contributed by atoms with Crippen molar-refractivity contribution in [3.05, 3.63) is 88.9 Å². The van der Waals surface area contributed by atoms with Crippen LogP contribution in [-0.2, 0) is 29.0 Å². The molecule has 0 aliphatic heterocycles. The van der Waals surface area contributed by atoms with Crippen LogP contribution in [0, 0.1) is 17.2 Å². The van der Waals surface area contributed by atoms with Gasteiger partial charge in [0.2, 0.25) is 9.84 Å². The van der Waals surface area contributed by atoms with Gasteiger partial charge in [-0.2, -0.15) is 28.2 Å². The van der Waals surface area contributed by atoms with Gasteiger partial charge >= 0.3 is 6.18 Å². The average Bonchev–Trinajstić information content (AvgIpc) is 3.52. The molecule has 7 rings (SSSR count). The zero-order valence-corrected chi connectivity index (χ0v) is 24.0. The van der Waals surface area contributed by atoms with Crippen molar-refractivity contribution < 1.29 is 30.8 Å². The fourth-order valence-electron chi connectivity index (χ4n) is 6.30. The van der Waals surface area contributed by atoms with E-state index in [1.165, 1.54) is 23.1 Å². The predicted octanol–water partition coefficient (Wildman–Crippen LogP) is 5.26. The summed E-state index contributed by atoms with van der Waals surface area (Å²) in [6, 6.07) is 7.21. The van der Waals surface area contributed by atoms with Crippen LogP contribution in [0.5, 0.6) is 0 Å². The van der Waals surface area contributed by atoms with E-state index in [2.05, 4.69) is 20.3 Å². The molecule has 2 atom stereocenters. The largest absolute Gasteiger partial charge is 0.416 e. The first-order valence-electron chi connectivity index (χ1n) is 14.2. The number of alkyl halides is 3. The molecule has 0 radical (unpaired) electrons. The topological polar surface area (TPSA) is 113 Å². The molecule has 44 heavy (non-hydrogen) atoms. The third-order valence-electron chi connectivity index (χ3n) is 8.81. The first kappa shape index (κ1) is 28.6. The van der Waals surface area contributed by atoms with Crippen LogP contribution in [0.1, 0.15) is 59.4 Å². The maximum Gasteiger partial charge on any atom is 0.416 e. The molecule has 3 heterocycles. The van der Waals surface area contributed by atoms with Gasteiger partial charge in [-0.25, -0.2) is 17.5 Å². The van der Waals surface area contributed by atoms with E-state index in [1.807, 2.05) is 0 Å². The third-order valence-corrected chi connectivity index (χ3v) is 10.9. The first-order chi connectivity index (χ1) is 20.9. The molecule has 9 nitrogen and oxygen atoms in total. The van der Waals surface area contributed by atoms with Crippen LogP contribution in [-0.4, -0.2) is 49.2 Å². The Morgan fingerprint density at radius 1 is 1.05 bits per heavy atom. The Morgan fingerprint density at radius 3 is 2.55 bits per heavy atom. The van der Waals surface area contributed by atoms with Gasteiger partial charge in [-0.15, -0.1) is 5.10 Å². The van der Waals surface area contributed by atoms with Crippen LogP contribution < -0.4 is 0 Å². The summed E-state index contributed by atoms with van der Waals surface area (Å²) in [5, 5.41) is 11.6. The van der Waals surface area contributed by atoms with Gasteiger partial charge in [0.15, 0.2) is 10.8 Å². The summed E-state index contributed by atoms with van der Waals surface area (Å²) in [4.78, 5) is 19.7. The number of ketones is 1. The van der Waals surface area contributed by atoms with E-state index in [4.69, 9.17) is 0 Å². The minimum Gasteiger partial charge on any atom is -0.291 e. The molecule has 0 bridgehead atoms. The molecule has 0 spiro atoms. The number of carbonyl (C=O) groups excluding carboxylic acids is 1. The zero-order valence-electron chi connectivity index (χ0n) is 23.2. The van der Waals surface area contributed by atoms with E-state index < -0.39 is 49.5 Å². The van der Waals surface area contributed by atoms with E-state index in [1.54, 1.807) is 29.1 Å². The molecule has 14 heteroatoms. The lowest BCUT2D eigenvalue weighted by atomic mass is 9.61. The number of sulfone groups is 1. The number of hydrogen-bond acceptors (Lipinski definition) is 7. The van der Waals surface area contributed by atoms with Crippen molar-refractivity contribution in [1.82, 2.24) is 29.8 Å². The van der Waals surface area contributed by atoms with Gasteiger partial charge < -0.3 is 0 Å². The van der Waals surface area contributed by atoms with E-state index in [9.17, 15) is 30.8 Å². The van der Waals surface area contributed by atoms with Gasteiger partial charge in [-0.3, -0.25) is 9.78 Å². The van der Waals surface area contributed by atoms with Crippen molar-refractivity contribution in [2.45, 2.75) is 61.5 Å². The maximum absolute atomic E-state index is 14.3. The molecule has 2 fully saturated rings. The van der Waals surface area contributed by atoms with Crippen molar-refractivity contribution in [3.63, 3.8) is 0 Å². The molecular formula is C30H26F4N6O3S. The van der Waals surface area contributed by atoms with Crippen LogP contribution in [0.3, 0.4) is 0 Å². The van der Waals surface area contributed by atoms with Gasteiger partial charge in [-0.05, 0) is 92.5 Å².